The van der Waals surface area contributed by atoms with Crippen LogP contribution in [0.2, 0.25) is 0 Å². The zero-order valence-electron chi connectivity index (χ0n) is 13.6. The molecule has 0 spiro atoms. The first-order valence-electron chi connectivity index (χ1n) is 8.07. The lowest BCUT2D eigenvalue weighted by atomic mass is 9.96. The lowest BCUT2D eigenvalue weighted by Crippen LogP contribution is -2.12. The van der Waals surface area contributed by atoms with Crippen LogP contribution in [0.15, 0.2) is 65.1 Å². The molecule has 0 saturated heterocycles. The summed E-state index contributed by atoms with van der Waals surface area (Å²) in [5.74, 6) is 1.25. The van der Waals surface area contributed by atoms with E-state index in [-0.39, 0.29) is 5.69 Å². The van der Waals surface area contributed by atoms with Gasteiger partial charge >= 0.3 is 0 Å². The Kier molecular flexibility index (Phi) is 4.93. The van der Waals surface area contributed by atoms with Crippen molar-refractivity contribution in [1.82, 2.24) is 4.98 Å². The number of benzene rings is 2. The van der Waals surface area contributed by atoms with Crippen molar-refractivity contribution in [2.75, 3.05) is 11.9 Å². The molecule has 120 valence electrons. The van der Waals surface area contributed by atoms with Crippen LogP contribution in [0.25, 0.3) is 11.5 Å². The molecule has 2 aromatic carbocycles. The maximum absolute atomic E-state index is 9.31. The van der Waals surface area contributed by atoms with Crippen LogP contribution in [0.3, 0.4) is 0 Å². The Labute approximate surface area is 141 Å². The maximum Gasteiger partial charge on any atom is 0.232 e. The van der Waals surface area contributed by atoms with Gasteiger partial charge in [-0.15, -0.1) is 0 Å². The number of nitrogens with zero attached hydrogens (tertiary/aromatic N) is 2. The Balaban J connectivity index is 1.78. The fraction of sp³-hybridized carbons (Fsp3) is 0.200. The van der Waals surface area contributed by atoms with Crippen molar-refractivity contribution in [1.29, 1.82) is 5.26 Å². The molecule has 0 fully saturated rings. The van der Waals surface area contributed by atoms with Crippen LogP contribution in [-0.4, -0.2) is 11.5 Å². The summed E-state index contributed by atoms with van der Waals surface area (Å²) in [5, 5.41) is 12.6. The van der Waals surface area contributed by atoms with E-state index in [0.29, 0.717) is 24.2 Å². The molecule has 1 aromatic heterocycles. The van der Waals surface area contributed by atoms with Crippen molar-refractivity contribution in [3.05, 3.63) is 71.9 Å². The molecular formula is C20H19N3O. The van der Waals surface area contributed by atoms with Gasteiger partial charge < -0.3 is 9.73 Å². The zero-order valence-corrected chi connectivity index (χ0v) is 13.6. The molecule has 0 bridgehead atoms. The lowest BCUT2D eigenvalue weighted by Gasteiger charge is -2.15. The van der Waals surface area contributed by atoms with Gasteiger partial charge in [0.2, 0.25) is 17.5 Å². The predicted molar refractivity (Wildman–Crippen MR) is 94.6 cm³/mol. The average molecular weight is 317 g/mol. The average Bonchev–Trinajstić information content (AvgIpc) is 3.07. The minimum atomic E-state index is 0.289. The van der Waals surface area contributed by atoms with Crippen LogP contribution >= 0.6 is 0 Å². The number of aromatic nitrogens is 1. The van der Waals surface area contributed by atoms with Gasteiger partial charge in [-0.3, -0.25) is 0 Å². The molecular weight excluding hydrogens is 298 g/mol. The van der Waals surface area contributed by atoms with Crippen LogP contribution in [0, 0.1) is 11.3 Å². The number of nitriles is 1. The van der Waals surface area contributed by atoms with E-state index in [1.54, 1.807) is 0 Å². The summed E-state index contributed by atoms with van der Waals surface area (Å²) in [6.45, 7) is 2.85. The van der Waals surface area contributed by atoms with E-state index in [1.807, 2.05) is 48.5 Å². The Morgan fingerprint density at radius 3 is 2.38 bits per heavy atom. The van der Waals surface area contributed by atoms with Crippen LogP contribution < -0.4 is 5.32 Å². The van der Waals surface area contributed by atoms with Crippen molar-refractivity contribution in [2.45, 2.75) is 19.3 Å². The van der Waals surface area contributed by atoms with Crippen molar-refractivity contribution >= 4 is 5.88 Å². The molecule has 0 aliphatic heterocycles. The highest BCUT2D eigenvalue weighted by atomic mass is 16.4. The minimum absolute atomic E-state index is 0.289. The normalized spacial score (nSPS) is 11.7. The van der Waals surface area contributed by atoms with Crippen LogP contribution in [0.5, 0.6) is 0 Å². The van der Waals surface area contributed by atoms with Crippen molar-refractivity contribution in [2.24, 2.45) is 0 Å². The second-order valence-electron chi connectivity index (χ2n) is 5.57. The molecule has 24 heavy (non-hydrogen) atoms. The molecule has 1 heterocycles. The summed E-state index contributed by atoms with van der Waals surface area (Å²) in [7, 11) is 0. The van der Waals surface area contributed by atoms with Gasteiger partial charge in [0.15, 0.2) is 0 Å². The smallest absolute Gasteiger partial charge is 0.232 e. The Bertz CT molecular complexity index is 819. The zero-order chi connectivity index (χ0) is 16.8. The SMILES string of the molecule is CCC(CNc1oc(-c2ccccc2)nc1C#N)c1ccccc1. The summed E-state index contributed by atoms with van der Waals surface area (Å²) in [4.78, 5) is 4.29. The highest BCUT2D eigenvalue weighted by Crippen LogP contribution is 2.26. The fourth-order valence-electron chi connectivity index (χ4n) is 2.66. The topological polar surface area (TPSA) is 61.9 Å². The summed E-state index contributed by atoms with van der Waals surface area (Å²) in [5.41, 5.74) is 2.42. The number of nitrogens with one attached hydrogen (secondary N) is 1. The molecule has 0 radical (unpaired) electrons. The third-order valence-electron chi connectivity index (χ3n) is 4.03. The van der Waals surface area contributed by atoms with Crippen LogP contribution in [0.1, 0.15) is 30.5 Å². The number of hydrogen-bond donors (Lipinski definition) is 1. The molecule has 4 heteroatoms. The number of anilines is 1. The molecule has 1 unspecified atom stereocenters. The molecule has 0 aliphatic carbocycles. The maximum atomic E-state index is 9.31. The van der Waals surface area contributed by atoms with Gasteiger partial charge in [0.25, 0.3) is 0 Å². The summed E-state index contributed by atoms with van der Waals surface area (Å²) >= 11 is 0. The van der Waals surface area contributed by atoms with E-state index in [1.165, 1.54) is 5.56 Å². The third kappa shape index (κ3) is 3.47. The Morgan fingerprint density at radius 1 is 1.08 bits per heavy atom. The Morgan fingerprint density at radius 2 is 1.75 bits per heavy atom. The van der Waals surface area contributed by atoms with Crippen molar-refractivity contribution < 1.29 is 4.42 Å². The molecule has 0 saturated carbocycles. The minimum Gasteiger partial charge on any atom is -0.419 e. The predicted octanol–water partition coefficient (Wildman–Crippen LogP) is 4.82. The van der Waals surface area contributed by atoms with Crippen molar-refractivity contribution in [3.8, 4) is 17.5 Å². The fourth-order valence-corrected chi connectivity index (χ4v) is 2.66. The van der Waals surface area contributed by atoms with Gasteiger partial charge in [-0.2, -0.15) is 10.2 Å². The Hall–Kier alpha value is -3.06. The third-order valence-corrected chi connectivity index (χ3v) is 4.03. The van der Waals surface area contributed by atoms with Gasteiger partial charge in [-0.1, -0.05) is 55.5 Å². The molecule has 3 rings (SSSR count). The van der Waals surface area contributed by atoms with Gasteiger partial charge in [0.1, 0.15) is 6.07 Å². The van der Waals surface area contributed by atoms with Crippen LogP contribution in [0.4, 0.5) is 5.88 Å². The summed E-state index contributed by atoms with van der Waals surface area (Å²) < 4.78 is 5.78. The summed E-state index contributed by atoms with van der Waals surface area (Å²) in [6, 6.07) is 22.0. The molecule has 1 atom stereocenters. The van der Waals surface area contributed by atoms with E-state index in [9.17, 15) is 5.26 Å². The second kappa shape index (κ2) is 7.47. The first kappa shape index (κ1) is 15.8. The van der Waals surface area contributed by atoms with E-state index >= 15 is 0 Å². The van der Waals surface area contributed by atoms with Crippen LogP contribution in [-0.2, 0) is 0 Å². The van der Waals surface area contributed by atoms with Gasteiger partial charge in [0, 0.05) is 18.0 Å². The standard InChI is InChI=1S/C20H19N3O/c1-2-15(16-9-5-3-6-10-16)14-22-20-18(13-21)23-19(24-20)17-11-7-4-8-12-17/h3-12,15,22H,2,14H2,1H3. The monoisotopic (exact) mass is 317 g/mol. The first-order chi connectivity index (χ1) is 11.8. The second-order valence-corrected chi connectivity index (χ2v) is 5.57. The molecule has 1 N–H and O–H groups in total. The largest absolute Gasteiger partial charge is 0.419 e. The van der Waals surface area contributed by atoms with Gasteiger partial charge in [-0.25, -0.2) is 0 Å². The molecule has 3 aromatic rings. The van der Waals surface area contributed by atoms with Gasteiger partial charge in [-0.05, 0) is 24.1 Å². The molecule has 0 aliphatic rings. The number of hydrogen-bond acceptors (Lipinski definition) is 4. The van der Waals surface area contributed by atoms with E-state index in [4.69, 9.17) is 4.42 Å². The molecule has 4 nitrogen and oxygen atoms in total. The first-order valence-corrected chi connectivity index (χ1v) is 8.07. The highest BCUT2D eigenvalue weighted by Gasteiger charge is 2.16. The van der Waals surface area contributed by atoms with E-state index in [0.717, 1.165) is 12.0 Å². The highest BCUT2D eigenvalue weighted by molar-refractivity contribution is 5.58. The van der Waals surface area contributed by atoms with E-state index in [2.05, 4.69) is 35.4 Å². The number of rotatable bonds is 6. The summed E-state index contributed by atoms with van der Waals surface area (Å²) in [6.07, 6.45) is 0.999. The quantitative estimate of drug-likeness (QED) is 0.708. The van der Waals surface area contributed by atoms with E-state index < -0.39 is 0 Å². The molecule has 0 amide bonds. The lowest BCUT2D eigenvalue weighted by molar-refractivity contribution is 0.577. The van der Waals surface area contributed by atoms with Gasteiger partial charge in [0.05, 0.1) is 0 Å². The number of oxazole rings is 1. The van der Waals surface area contributed by atoms with Crippen molar-refractivity contribution in [3.63, 3.8) is 0 Å².